The topological polar surface area (TPSA) is 187 Å². The molecule has 19 heteroatoms. The molecule has 3 heterocycles. The van der Waals surface area contributed by atoms with Crippen molar-refractivity contribution in [3.63, 3.8) is 0 Å². The van der Waals surface area contributed by atoms with Gasteiger partial charge in [0.05, 0.1) is 46.3 Å². The van der Waals surface area contributed by atoms with E-state index >= 15 is 0 Å². The van der Waals surface area contributed by atoms with Crippen LogP contribution in [-0.2, 0) is 43.6 Å². The number of carbonyl (C=O) groups excluding carboxylic acids is 2. The lowest BCUT2D eigenvalue weighted by Crippen LogP contribution is -2.55. The number of hydrogen-bond acceptors (Lipinski definition) is 15. The standard InChI is InChI=1S/C58H76N7O10PSi/c1-38(2)65(39(3)4)76(72-34-18-33-59)74-50-47(35-71-58(41-19-16-15-17-20-41,42-23-27-44(68-11)28-24-42)43-25-29-45(69-12)30-26-43)73-54(51(50)75-77(13,14)57(8,9)10)64-37-60-49-52(64)62-55(63-53(49)67)61-48(66)36-70-46-31-21-40(22-32-46)56(5,6)7/h15-17,19-32,37-39,47,49-51,54H,18,34-36H2,1-14H3,(H,61,63,66,67)/t47-,49?,50-,51-,54-,76?/m1/s1. The second-order valence-electron chi connectivity index (χ2n) is 22.3. The molecule has 0 bridgehead atoms. The van der Waals surface area contributed by atoms with E-state index in [4.69, 9.17) is 42.2 Å². The predicted octanol–water partition coefficient (Wildman–Crippen LogP) is 10.3. The molecule has 0 radical (unpaired) electrons. The molecule has 412 valence electrons. The van der Waals surface area contributed by atoms with Gasteiger partial charge in [0.25, 0.3) is 20.3 Å². The molecule has 1 fully saturated rings. The molecule has 0 aliphatic carbocycles. The maximum Gasteiger partial charge on any atom is 0.281 e. The summed E-state index contributed by atoms with van der Waals surface area (Å²) in [5.41, 5.74) is 2.28. The fourth-order valence-corrected chi connectivity index (χ4v) is 12.2. The molecule has 0 saturated carbocycles. The normalized spacial score (nSPS) is 20.2. The summed E-state index contributed by atoms with van der Waals surface area (Å²) in [6.45, 7) is 25.2. The largest absolute Gasteiger partial charge is 0.497 e. The number of amidine groups is 1. The molecule has 3 aliphatic heterocycles. The summed E-state index contributed by atoms with van der Waals surface area (Å²) in [7, 11) is -1.38. The first-order chi connectivity index (χ1) is 36.5. The minimum Gasteiger partial charge on any atom is -0.497 e. The number of ether oxygens (including phenoxy) is 5. The van der Waals surface area contributed by atoms with Gasteiger partial charge in [0.2, 0.25) is 5.96 Å². The molecule has 17 nitrogen and oxygen atoms in total. The molecule has 4 aromatic carbocycles. The number of nitrogens with zero attached hydrogens (tertiary/aromatic N) is 6. The Kier molecular flexibility index (Phi) is 19.0. The molecule has 7 rings (SSSR count). The number of guanidine groups is 1. The van der Waals surface area contributed by atoms with Crippen LogP contribution in [0.15, 0.2) is 118 Å². The Bertz CT molecular complexity index is 2720. The SMILES string of the molecule is COc1ccc(C(OC[C@H]2O[C@@H](N3C=NC4C(=O)N=C(NC(=O)COc5ccc(C(C)(C)C)cc5)N=C43)[C@H](O[Si](C)(C)C(C)(C)C)[C@@H]2OP(OCCC#N)N(C(C)C)C(C)C)(c2ccccc2)c2ccc(OC)cc2)cc1. The minimum atomic E-state index is -2.75. The molecular weight excluding hydrogens is 1010 g/mol. The van der Waals surface area contributed by atoms with Crippen LogP contribution in [0.2, 0.25) is 18.1 Å². The first kappa shape index (κ1) is 58.8. The number of nitrogens with one attached hydrogen (secondary N) is 1. The van der Waals surface area contributed by atoms with Gasteiger partial charge in [0.15, 0.2) is 33.0 Å². The average Bonchev–Trinajstić information content (AvgIpc) is 4.02. The predicted molar refractivity (Wildman–Crippen MR) is 302 cm³/mol. The number of aliphatic imine (C=N–C) groups is 3. The summed E-state index contributed by atoms with van der Waals surface area (Å²) in [5, 5.41) is 12.1. The summed E-state index contributed by atoms with van der Waals surface area (Å²) in [5.74, 6) is 0.639. The van der Waals surface area contributed by atoms with Crippen LogP contribution in [0.3, 0.4) is 0 Å². The first-order valence-electron chi connectivity index (χ1n) is 26.1. The van der Waals surface area contributed by atoms with Crippen LogP contribution >= 0.6 is 8.53 Å². The van der Waals surface area contributed by atoms with Crippen LogP contribution < -0.4 is 19.5 Å². The monoisotopic (exact) mass is 1090 g/mol. The van der Waals surface area contributed by atoms with Crippen molar-refractivity contribution in [3.05, 3.63) is 125 Å². The number of carbonyl (C=O) groups is 2. The van der Waals surface area contributed by atoms with Crippen molar-refractivity contribution in [2.45, 2.75) is 147 Å². The number of amides is 2. The zero-order valence-electron chi connectivity index (χ0n) is 47.0. The number of rotatable bonds is 22. The lowest BCUT2D eigenvalue weighted by Gasteiger charge is -2.43. The van der Waals surface area contributed by atoms with Gasteiger partial charge >= 0.3 is 0 Å². The van der Waals surface area contributed by atoms with E-state index in [1.165, 1.54) is 6.34 Å². The van der Waals surface area contributed by atoms with Crippen LogP contribution in [-0.4, -0.2) is 125 Å². The van der Waals surface area contributed by atoms with Gasteiger partial charge in [-0.2, -0.15) is 15.2 Å². The van der Waals surface area contributed by atoms with Gasteiger partial charge in [-0.3, -0.25) is 24.8 Å². The molecule has 0 spiro atoms. The first-order valence-corrected chi connectivity index (χ1v) is 30.2. The van der Waals surface area contributed by atoms with Crippen LogP contribution in [0.25, 0.3) is 0 Å². The number of hydrogen-bond donors (Lipinski definition) is 1. The van der Waals surface area contributed by atoms with Crippen molar-refractivity contribution >= 4 is 46.8 Å². The Morgan fingerprint density at radius 2 is 1.36 bits per heavy atom. The second kappa shape index (κ2) is 24.8. The third-order valence-electron chi connectivity index (χ3n) is 14.2. The zero-order chi connectivity index (χ0) is 55.9. The number of methoxy groups -OCH3 is 2. The third kappa shape index (κ3) is 13.5. The van der Waals surface area contributed by atoms with Gasteiger partial charge in [0, 0.05) is 12.1 Å². The molecular formula is C58H76N7O10PSi. The highest BCUT2D eigenvalue weighted by atomic mass is 31.2. The van der Waals surface area contributed by atoms with Gasteiger partial charge in [-0.25, -0.2) is 4.67 Å². The molecule has 2 amide bonds. The Hall–Kier alpha value is -5.87. The molecule has 1 N–H and O–H groups in total. The van der Waals surface area contributed by atoms with E-state index in [2.05, 4.69) is 108 Å². The number of nitriles is 1. The number of benzene rings is 4. The summed E-state index contributed by atoms with van der Waals surface area (Å²) in [4.78, 5) is 42.6. The maximum absolute atomic E-state index is 13.9. The van der Waals surface area contributed by atoms with Gasteiger partial charge in [-0.1, -0.05) is 108 Å². The van der Waals surface area contributed by atoms with E-state index < -0.39 is 64.8 Å². The highest BCUT2D eigenvalue weighted by molar-refractivity contribution is 7.44. The second-order valence-corrected chi connectivity index (χ2v) is 28.4. The molecule has 0 aromatic heterocycles. The highest BCUT2D eigenvalue weighted by Gasteiger charge is 2.57. The van der Waals surface area contributed by atoms with Crippen molar-refractivity contribution in [1.29, 1.82) is 5.26 Å². The van der Waals surface area contributed by atoms with Gasteiger partial charge in [-0.05, 0) is 110 Å². The smallest absolute Gasteiger partial charge is 0.281 e. The van der Waals surface area contributed by atoms with Gasteiger partial charge < -0.3 is 37.2 Å². The molecule has 3 aliphatic rings. The van der Waals surface area contributed by atoms with Crippen LogP contribution in [0.4, 0.5) is 0 Å². The van der Waals surface area contributed by atoms with E-state index in [-0.39, 0.29) is 60.6 Å². The van der Waals surface area contributed by atoms with E-state index in [1.807, 2.05) is 103 Å². The fraction of sp³-hybridized carbons (Fsp3) is 0.483. The highest BCUT2D eigenvalue weighted by Crippen LogP contribution is 2.52. The van der Waals surface area contributed by atoms with Gasteiger partial charge in [0.1, 0.15) is 41.2 Å². The Labute approximate surface area is 457 Å². The van der Waals surface area contributed by atoms with Gasteiger partial charge in [-0.15, -0.1) is 0 Å². The lowest BCUT2D eigenvalue weighted by atomic mass is 9.80. The van der Waals surface area contributed by atoms with Crippen LogP contribution in [0.1, 0.15) is 97.9 Å². The Morgan fingerprint density at radius 1 is 0.805 bits per heavy atom. The van der Waals surface area contributed by atoms with Crippen molar-refractivity contribution in [2.24, 2.45) is 15.0 Å². The van der Waals surface area contributed by atoms with Crippen molar-refractivity contribution < 1.29 is 46.7 Å². The van der Waals surface area contributed by atoms with Crippen LogP contribution in [0.5, 0.6) is 17.2 Å². The van der Waals surface area contributed by atoms with Crippen molar-refractivity contribution in [2.75, 3.05) is 34.0 Å². The Balaban J connectivity index is 1.33. The molecule has 77 heavy (non-hydrogen) atoms. The summed E-state index contributed by atoms with van der Waals surface area (Å²) in [6.07, 6.45) is -2.05. The third-order valence-corrected chi connectivity index (χ3v) is 20.8. The van der Waals surface area contributed by atoms with E-state index in [0.717, 1.165) is 22.3 Å². The molecule has 1 saturated heterocycles. The number of fused-ring (bicyclic) bond motifs is 1. The summed E-state index contributed by atoms with van der Waals surface area (Å²) >= 11 is 0. The van der Waals surface area contributed by atoms with E-state index in [1.54, 1.807) is 19.1 Å². The molecule has 2 unspecified atom stereocenters. The summed E-state index contributed by atoms with van der Waals surface area (Å²) < 4.78 is 55.7. The lowest BCUT2D eigenvalue weighted by molar-refractivity contribution is -0.121. The van der Waals surface area contributed by atoms with Crippen molar-refractivity contribution in [1.82, 2.24) is 14.9 Å². The van der Waals surface area contributed by atoms with Crippen molar-refractivity contribution in [3.8, 4) is 23.3 Å². The molecule has 6 atom stereocenters. The summed E-state index contributed by atoms with van der Waals surface area (Å²) in [6, 6.07) is 34.1. The minimum absolute atomic E-state index is 0.0342. The zero-order valence-corrected chi connectivity index (χ0v) is 48.9. The van der Waals surface area contributed by atoms with Crippen LogP contribution in [0, 0.1) is 11.3 Å². The maximum atomic E-state index is 13.9. The quantitative estimate of drug-likeness (QED) is 0.0339. The Morgan fingerprint density at radius 3 is 1.90 bits per heavy atom. The fourth-order valence-electron chi connectivity index (χ4n) is 9.13. The molecule has 4 aromatic rings. The van der Waals surface area contributed by atoms with E-state index in [0.29, 0.717) is 17.2 Å². The van der Waals surface area contributed by atoms with E-state index in [9.17, 15) is 14.9 Å². The average molecular weight is 1090 g/mol.